The smallest absolute Gasteiger partial charge is 0.257 e. The molecule has 10 heteroatoms. The maximum atomic E-state index is 12.4. The first-order valence-electron chi connectivity index (χ1n) is 9.31. The van der Waals surface area contributed by atoms with Crippen molar-refractivity contribution >= 4 is 38.8 Å². The Labute approximate surface area is 178 Å². The zero-order valence-electron chi connectivity index (χ0n) is 16.5. The van der Waals surface area contributed by atoms with Gasteiger partial charge in [-0.25, -0.2) is 17.7 Å². The summed E-state index contributed by atoms with van der Waals surface area (Å²) in [5.41, 5.74) is 1.87. The third-order valence-corrected chi connectivity index (χ3v) is 7.38. The van der Waals surface area contributed by atoms with Gasteiger partial charge in [0, 0.05) is 26.1 Å². The van der Waals surface area contributed by atoms with Gasteiger partial charge in [-0.05, 0) is 24.3 Å². The topological polar surface area (TPSA) is 102 Å². The lowest BCUT2D eigenvalue weighted by atomic mass is 10.0. The number of oxazole rings is 1. The molecule has 2 heterocycles. The van der Waals surface area contributed by atoms with Crippen molar-refractivity contribution in [1.29, 1.82) is 0 Å². The summed E-state index contributed by atoms with van der Waals surface area (Å²) in [4.78, 5) is 16.9. The van der Waals surface area contributed by atoms with Crippen molar-refractivity contribution < 1.29 is 22.4 Å². The minimum atomic E-state index is -3.56. The molecule has 0 fully saturated rings. The Kier molecular flexibility index (Phi) is 5.72. The maximum Gasteiger partial charge on any atom is 0.257 e. The van der Waals surface area contributed by atoms with Crippen LogP contribution in [0.3, 0.4) is 0 Å². The van der Waals surface area contributed by atoms with E-state index in [0.717, 1.165) is 27.4 Å². The molecule has 0 saturated heterocycles. The molecule has 0 saturated carbocycles. The first-order valence-corrected chi connectivity index (χ1v) is 11.7. The molecule has 158 valence electrons. The zero-order chi connectivity index (χ0) is 21.3. The summed E-state index contributed by atoms with van der Waals surface area (Å²) in [5.74, 6) is 0.791. The Morgan fingerprint density at radius 3 is 2.87 bits per heavy atom. The molecule has 2 aromatic carbocycles. The Hall–Kier alpha value is -2.56. The fraction of sp³-hybridized carbons (Fsp3) is 0.300. The number of amides is 1. The van der Waals surface area contributed by atoms with Gasteiger partial charge >= 0.3 is 0 Å². The molecule has 0 spiro atoms. The fourth-order valence-electron chi connectivity index (χ4n) is 3.17. The number of hydrogen-bond donors (Lipinski definition) is 1. The van der Waals surface area contributed by atoms with E-state index in [4.69, 9.17) is 9.15 Å². The van der Waals surface area contributed by atoms with E-state index in [1.165, 1.54) is 26.2 Å². The summed E-state index contributed by atoms with van der Waals surface area (Å²) in [6, 6.07) is 12.1. The van der Waals surface area contributed by atoms with Crippen molar-refractivity contribution in [2.24, 2.45) is 0 Å². The van der Waals surface area contributed by atoms with Gasteiger partial charge in [0.1, 0.15) is 11.3 Å². The highest BCUT2D eigenvalue weighted by molar-refractivity contribution is 7.99. The highest BCUT2D eigenvalue weighted by Crippen LogP contribution is 2.32. The van der Waals surface area contributed by atoms with Crippen LogP contribution in [0.4, 0.5) is 0 Å². The lowest BCUT2D eigenvalue weighted by Crippen LogP contribution is -2.33. The summed E-state index contributed by atoms with van der Waals surface area (Å²) in [6.07, 6.45) is 0.708. The Morgan fingerprint density at radius 2 is 2.07 bits per heavy atom. The van der Waals surface area contributed by atoms with Crippen LogP contribution in [-0.4, -0.2) is 50.1 Å². The Morgan fingerprint density at radius 1 is 1.27 bits per heavy atom. The maximum absolute atomic E-state index is 12.4. The highest BCUT2D eigenvalue weighted by Gasteiger charge is 2.23. The molecule has 30 heavy (non-hydrogen) atoms. The number of hydrogen-bond acceptors (Lipinski definition) is 7. The Bertz CT molecular complexity index is 1190. The van der Waals surface area contributed by atoms with E-state index in [9.17, 15) is 13.2 Å². The number of nitrogens with one attached hydrogen (secondary N) is 1. The molecule has 1 aliphatic rings. The molecule has 1 unspecified atom stereocenters. The van der Waals surface area contributed by atoms with E-state index < -0.39 is 10.0 Å². The lowest BCUT2D eigenvalue weighted by molar-refractivity contribution is -0.119. The van der Waals surface area contributed by atoms with Gasteiger partial charge in [0.2, 0.25) is 15.9 Å². The molecule has 1 aromatic heterocycles. The quantitative estimate of drug-likeness (QED) is 0.580. The molecule has 1 aliphatic heterocycles. The molecule has 1 amide bonds. The van der Waals surface area contributed by atoms with Crippen LogP contribution in [-0.2, 0) is 14.8 Å². The van der Waals surface area contributed by atoms with Crippen LogP contribution in [0.1, 0.15) is 18.0 Å². The van der Waals surface area contributed by atoms with E-state index in [1.807, 2.05) is 24.3 Å². The van der Waals surface area contributed by atoms with E-state index in [-0.39, 0.29) is 22.6 Å². The largest absolute Gasteiger partial charge is 0.493 e. The molecule has 4 rings (SSSR count). The Balaban J connectivity index is 1.42. The van der Waals surface area contributed by atoms with Gasteiger partial charge < -0.3 is 14.5 Å². The predicted molar refractivity (Wildman–Crippen MR) is 113 cm³/mol. The molecular formula is C20H21N3O5S2. The fourth-order valence-corrected chi connectivity index (χ4v) is 4.75. The highest BCUT2D eigenvalue weighted by atomic mass is 32.2. The number of rotatable bonds is 6. The van der Waals surface area contributed by atoms with Gasteiger partial charge in [0.25, 0.3) is 5.22 Å². The number of carbonyl (C=O) groups excluding carboxylic acids is 1. The number of fused-ring (bicyclic) bond motifs is 2. The zero-order valence-corrected chi connectivity index (χ0v) is 18.1. The average molecular weight is 448 g/mol. The van der Waals surface area contributed by atoms with E-state index in [0.29, 0.717) is 29.4 Å². The summed E-state index contributed by atoms with van der Waals surface area (Å²) < 4.78 is 36.9. The molecular weight excluding hydrogens is 426 g/mol. The first kappa shape index (κ1) is 20.7. The predicted octanol–water partition coefficient (Wildman–Crippen LogP) is 2.81. The minimum absolute atomic E-state index is 0.0921. The van der Waals surface area contributed by atoms with Crippen molar-refractivity contribution in [3.8, 4) is 5.75 Å². The second-order valence-corrected chi connectivity index (χ2v) is 10.1. The summed E-state index contributed by atoms with van der Waals surface area (Å²) >= 11 is 1.16. The minimum Gasteiger partial charge on any atom is -0.493 e. The average Bonchev–Trinajstić information content (AvgIpc) is 3.14. The second kappa shape index (κ2) is 8.29. The van der Waals surface area contributed by atoms with Crippen LogP contribution in [0.5, 0.6) is 5.75 Å². The number of para-hydroxylation sites is 1. The van der Waals surface area contributed by atoms with Crippen molar-refractivity contribution in [3.05, 3.63) is 48.0 Å². The standard InChI is InChI=1S/C20H21N3O5S2/c1-23(2)30(25,26)13-7-8-18-16(11-13)22-20(28-18)29-12-19(24)21-15-9-10-27-17-6-4-3-5-14(15)17/h3-8,11,15H,9-10,12H2,1-2H3,(H,21,24). The third-order valence-electron chi connectivity index (χ3n) is 4.74. The first-order chi connectivity index (χ1) is 14.3. The molecule has 1 N–H and O–H groups in total. The molecule has 1 atom stereocenters. The number of nitrogens with zero attached hydrogens (tertiary/aromatic N) is 2. The van der Waals surface area contributed by atoms with Crippen LogP contribution in [0.15, 0.2) is 57.0 Å². The molecule has 0 radical (unpaired) electrons. The van der Waals surface area contributed by atoms with Crippen LogP contribution < -0.4 is 10.1 Å². The van der Waals surface area contributed by atoms with Gasteiger partial charge in [0.15, 0.2) is 5.58 Å². The lowest BCUT2D eigenvalue weighted by Gasteiger charge is -2.26. The monoisotopic (exact) mass is 447 g/mol. The number of aromatic nitrogens is 1. The van der Waals surface area contributed by atoms with Crippen molar-refractivity contribution in [2.45, 2.75) is 22.6 Å². The second-order valence-electron chi connectivity index (χ2n) is 6.98. The van der Waals surface area contributed by atoms with Gasteiger partial charge in [0.05, 0.1) is 23.3 Å². The number of carbonyl (C=O) groups is 1. The molecule has 0 aliphatic carbocycles. The summed E-state index contributed by atoms with van der Waals surface area (Å²) in [6.45, 7) is 0.554. The van der Waals surface area contributed by atoms with Gasteiger partial charge in [-0.15, -0.1) is 0 Å². The number of benzene rings is 2. The van der Waals surface area contributed by atoms with Gasteiger partial charge in [-0.1, -0.05) is 30.0 Å². The molecule has 3 aromatic rings. The number of sulfonamides is 1. The molecule has 8 nitrogen and oxygen atoms in total. The SMILES string of the molecule is CN(C)S(=O)(=O)c1ccc2oc(SCC(=O)NC3CCOc4ccccc43)nc2c1. The summed E-state index contributed by atoms with van der Waals surface area (Å²) in [7, 11) is -0.613. The molecule has 0 bridgehead atoms. The van der Waals surface area contributed by atoms with Crippen molar-refractivity contribution in [3.63, 3.8) is 0 Å². The third kappa shape index (κ3) is 4.16. The summed E-state index contributed by atoms with van der Waals surface area (Å²) in [5, 5.41) is 3.34. The van der Waals surface area contributed by atoms with E-state index >= 15 is 0 Å². The van der Waals surface area contributed by atoms with Crippen LogP contribution in [0.2, 0.25) is 0 Å². The van der Waals surface area contributed by atoms with E-state index in [2.05, 4.69) is 10.3 Å². The van der Waals surface area contributed by atoms with Crippen LogP contribution in [0, 0.1) is 0 Å². The van der Waals surface area contributed by atoms with Crippen LogP contribution >= 0.6 is 11.8 Å². The van der Waals surface area contributed by atoms with Crippen molar-refractivity contribution in [2.75, 3.05) is 26.5 Å². The number of ether oxygens (including phenoxy) is 1. The van der Waals surface area contributed by atoms with Crippen molar-refractivity contribution in [1.82, 2.24) is 14.6 Å². The van der Waals surface area contributed by atoms with Gasteiger partial charge in [-0.2, -0.15) is 0 Å². The normalized spacial score (nSPS) is 16.3. The number of thioether (sulfide) groups is 1. The van der Waals surface area contributed by atoms with E-state index in [1.54, 1.807) is 6.07 Å². The van der Waals surface area contributed by atoms with Crippen LogP contribution in [0.25, 0.3) is 11.1 Å². The van der Waals surface area contributed by atoms with Gasteiger partial charge in [-0.3, -0.25) is 4.79 Å².